The lowest BCUT2D eigenvalue weighted by Gasteiger charge is -2.16. The standard InChI is InChI=1S/C14H12Cl2N2O2/c15-9-5-8(6-10(16)7-9)13-17-14(20-18-13)11-3-1-2-4-12(11)19/h5-7,11H,1-4H2. The lowest BCUT2D eigenvalue weighted by atomic mass is 9.88. The molecule has 1 fully saturated rings. The smallest absolute Gasteiger partial charge is 0.237 e. The van der Waals surface area contributed by atoms with Gasteiger partial charge in [-0.2, -0.15) is 4.98 Å². The Kier molecular flexibility index (Phi) is 3.76. The van der Waals surface area contributed by atoms with E-state index in [2.05, 4.69) is 10.1 Å². The van der Waals surface area contributed by atoms with Crippen molar-refractivity contribution in [3.63, 3.8) is 0 Å². The zero-order valence-corrected chi connectivity index (χ0v) is 12.1. The van der Waals surface area contributed by atoms with Gasteiger partial charge in [0, 0.05) is 22.0 Å². The Hall–Kier alpha value is -1.39. The van der Waals surface area contributed by atoms with E-state index < -0.39 is 0 Å². The first-order valence-corrected chi connectivity index (χ1v) is 7.22. The number of carbonyl (C=O) groups excluding carboxylic acids is 1. The van der Waals surface area contributed by atoms with E-state index in [1.165, 1.54) is 0 Å². The quantitative estimate of drug-likeness (QED) is 0.831. The van der Waals surface area contributed by atoms with Crippen molar-refractivity contribution < 1.29 is 9.32 Å². The van der Waals surface area contributed by atoms with Gasteiger partial charge in [-0.3, -0.25) is 4.79 Å². The second-order valence-corrected chi connectivity index (χ2v) is 5.75. The molecule has 0 amide bonds. The van der Waals surface area contributed by atoms with Gasteiger partial charge in [-0.05, 0) is 31.0 Å². The molecule has 3 rings (SSSR count). The van der Waals surface area contributed by atoms with Crippen molar-refractivity contribution in [2.75, 3.05) is 0 Å². The van der Waals surface area contributed by atoms with Crippen LogP contribution >= 0.6 is 23.2 Å². The number of Topliss-reactive ketones (excluding diaryl/α,β-unsaturated/α-hetero) is 1. The van der Waals surface area contributed by atoms with Crippen LogP contribution in [-0.2, 0) is 4.79 Å². The summed E-state index contributed by atoms with van der Waals surface area (Å²) >= 11 is 11.9. The third kappa shape index (κ3) is 2.72. The highest BCUT2D eigenvalue weighted by atomic mass is 35.5. The summed E-state index contributed by atoms with van der Waals surface area (Å²) in [5.74, 6) is 0.707. The van der Waals surface area contributed by atoms with Crippen LogP contribution in [-0.4, -0.2) is 15.9 Å². The molecular weight excluding hydrogens is 299 g/mol. The largest absolute Gasteiger partial charge is 0.338 e. The molecule has 1 saturated carbocycles. The summed E-state index contributed by atoms with van der Waals surface area (Å²) < 4.78 is 5.24. The number of aromatic nitrogens is 2. The number of ketones is 1. The van der Waals surface area contributed by atoms with Gasteiger partial charge in [0.25, 0.3) is 0 Å². The van der Waals surface area contributed by atoms with Gasteiger partial charge in [0.1, 0.15) is 5.78 Å². The average molecular weight is 311 g/mol. The Morgan fingerprint density at radius 1 is 1.15 bits per heavy atom. The highest BCUT2D eigenvalue weighted by molar-refractivity contribution is 6.35. The molecule has 1 aromatic heterocycles. The zero-order chi connectivity index (χ0) is 14.1. The van der Waals surface area contributed by atoms with Crippen LogP contribution in [0.3, 0.4) is 0 Å². The minimum Gasteiger partial charge on any atom is -0.338 e. The molecule has 1 aromatic carbocycles. The third-order valence-corrected chi connectivity index (χ3v) is 3.85. The highest BCUT2D eigenvalue weighted by Gasteiger charge is 2.29. The van der Waals surface area contributed by atoms with Crippen molar-refractivity contribution in [2.24, 2.45) is 0 Å². The molecule has 6 heteroatoms. The Balaban J connectivity index is 1.91. The average Bonchev–Trinajstić information content (AvgIpc) is 2.87. The lowest BCUT2D eigenvalue weighted by molar-refractivity contribution is -0.122. The molecule has 1 aliphatic carbocycles. The molecular formula is C14H12Cl2N2O2. The summed E-state index contributed by atoms with van der Waals surface area (Å²) in [6, 6.07) is 5.06. The van der Waals surface area contributed by atoms with Gasteiger partial charge in [0.2, 0.25) is 11.7 Å². The SMILES string of the molecule is O=C1CCCCC1c1nc(-c2cc(Cl)cc(Cl)c2)no1. The molecule has 1 unspecified atom stereocenters. The highest BCUT2D eigenvalue weighted by Crippen LogP contribution is 2.31. The normalized spacial score (nSPS) is 19.3. The number of nitrogens with zero attached hydrogens (tertiary/aromatic N) is 2. The Bertz CT molecular complexity index is 634. The fraction of sp³-hybridized carbons (Fsp3) is 0.357. The molecule has 0 spiro atoms. The second kappa shape index (κ2) is 5.54. The molecule has 0 bridgehead atoms. The van der Waals surface area contributed by atoms with E-state index in [4.69, 9.17) is 27.7 Å². The fourth-order valence-electron chi connectivity index (χ4n) is 2.42. The molecule has 0 radical (unpaired) electrons. The van der Waals surface area contributed by atoms with Crippen LogP contribution in [0.15, 0.2) is 22.7 Å². The van der Waals surface area contributed by atoms with Crippen molar-refractivity contribution in [3.8, 4) is 11.4 Å². The third-order valence-electron chi connectivity index (χ3n) is 3.42. The van der Waals surface area contributed by atoms with Crippen LogP contribution in [0.4, 0.5) is 0 Å². The molecule has 1 aliphatic rings. The number of hydrogen-bond donors (Lipinski definition) is 0. The maximum absolute atomic E-state index is 11.9. The molecule has 1 atom stereocenters. The number of benzene rings is 1. The van der Waals surface area contributed by atoms with Crippen LogP contribution in [0.1, 0.15) is 37.5 Å². The van der Waals surface area contributed by atoms with Gasteiger partial charge >= 0.3 is 0 Å². The molecule has 1 heterocycles. The van der Waals surface area contributed by atoms with Crippen molar-refractivity contribution in [3.05, 3.63) is 34.1 Å². The van der Waals surface area contributed by atoms with Crippen molar-refractivity contribution in [1.82, 2.24) is 10.1 Å². The van der Waals surface area contributed by atoms with E-state index in [-0.39, 0.29) is 11.7 Å². The molecule has 0 saturated heterocycles. The summed E-state index contributed by atoms with van der Waals surface area (Å²) in [5, 5.41) is 4.94. The monoisotopic (exact) mass is 310 g/mol. The van der Waals surface area contributed by atoms with Crippen LogP contribution < -0.4 is 0 Å². The van der Waals surface area contributed by atoms with Crippen molar-refractivity contribution in [2.45, 2.75) is 31.6 Å². The summed E-state index contributed by atoms with van der Waals surface area (Å²) in [6.07, 6.45) is 3.32. The predicted octanol–water partition coefficient (Wildman–Crippen LogP) is 4.27. The van der Waals surface area contributed by atoms with E-state index in [1.54, 1.807) is 18.2 Å². The molecule has 20 heavy (non-hydrogen) atoms. The summed E-state index contributed by atoms with van der Waals surface area (Å²) in [6.45, 7) is 0. The molecule has 104 valence electrons. The van der Waals surface area contributed by atoms with Gasteiger partial charge < -0.3 is 4.52 Å². The van der Waals surface area contributed by atoms with E-state index in [1.807, 2.05) is 0 Å². The molecule has 2 aromatic rings. The molecule has 0 N–H and O–H groups in total. The maximum atomic E-state index is 11.9. The summed E-state index contributed by atoms with van der Waals surface area (Å²) in [5.41, 5.74) is 0.681. The lowest BCUT2D eigenvalue weighted by Crippen LogP contribution is -2.17. The van der Waals surface area contributed by atoms with Crippen molar-refractivity contribution in [1.29, 1.82) is 0 Å². The van der Waals surface area contributed by atoms with Gasteiger partial charge in [-0.1, -0.05) is 34.8 Å². The number of carbonyl (C=O) groups is 1. The van der Waals surface area contributed by atoms with E-state index >= 15 is 0 Å². The number of hydrogen-bond acceptors (Lipinski definition) is 4. The predicted molar refractivity (Wildman–Crippen MR) is 76.0 cm³/mol. The van der Waals surface area contributed by atoms with E-state index in [0.29, 0.717) is 33.7 Å². The van der Waals surface area contributed by atoms with E-state index in [0.717, 1.165) is 19.3 Å². The number of rotatable bonds is 2. The zero-order valence-electron chi connectivity index (χ0n) is 10.6. The summed E-state index contributed by atoms with van der Waals surface area (Å²) in [7, 11) is 0. The fourth-order valence-corrected chi connectivity index (χ4v) is 2.95. The van der Waals surface area contributed by atoms with Gasteiger partial charge in [-0.15, -0.1) is 0 Å². The van der Waals surface area contributed by atoms with Crippen LogP contribution in [0, 0.1) is 0 Å². The van der Waals surface area contributed by atoms with Gasteiger partial charge in [0.15, 0.2) is 0 Å². The first-order valence-electron chi connectivity index (χ1n) is 6.46. The number of halogens is 2. The molecule has 4 nitrogen and oxygen atoms in total. The van der Waals surface area contributed by atoms with Gasteiger partial charge in [0.05, 0.1) is 5.92 Å². The van der Waals surface area contributed by atoms with Crippen LogP contribution in [0.2, 0.25) is 10.0 Å². The van der Waals surface area contributed by atoms with Crippen molar-refractivity contribution >= 4 is 29.0 Å². The maximum Gasteiger partial charge on any atom is 0.237 e. The van der Waals surface area contributed by atoms with Gasteiger partial charge in [-0.25, -0.2) is 0 Å². The first-order chi connectivity index (χ1) is 9.63. The van der Waals surface area contributed by atoms with E-state index in [9.17, 15) is 4.79 Å². The minimum absolute atomic E-state index is 0.176. The Morgan fingerprint density at radius 2 is 1.90 bits per heavy atom. The van der Waals surface area contributed by atoms with Crippen LogP contribution in [0.5, 0.6) is 0 Å². The first kappa shape index (κ1) is 13.6. The minimum atomic E-state index is -0.264. The Morgan fingerprint density at radius 3 is 2.60 bits per heavy atom. The second-order valence-electron chi connectivity index (χ2n) is 4.88. The van der Waals surface area contributed by atoms with Crippen LogP contribution in [0.25, 0.3) is 11.4 Å². The Labute approximate surface area is 126 Å². The molecule has 0 aliphatic heterocycles. The topological polar surface area (TPSA) is 56.0 Å². The summed E-state index contributed by atoms with van der Waals surface area (Å²) in [4.78, 5) is 16.2.